The maximum absolute atomic E-state index is 13.5. The quantitative estimate of drug-likeness (QED) is 0.387. The molecule has 0 radical (unpaired) electrons. The Morgan fingerprint density at radius 2 is 1.39 bits per heavy atom. The van der Waals surface area contributed by atoms with Crippen LogP contribution >= 0.6 is 0 Å². The van der Waals surface area contributed by atoms with E-state index in [9.17, 15) is 4.79 Å². The summed E-state index contributed by atoms with van der Waals surface area (Å²) in [6.45, 7) is 2.00. The van der Waals surface area contributed by atoms with Crippen molar-refractivity contribution in [3.63, 3.8) is 0 Å². The van der Waals surface area contributed by atoms with E-state index in [1.165, 1.54) is 0 Å². The van der Waals surface area contributed by atoms with E-state index in [0.717, 1.165) is 5.56 Å². The number of carbonyl (C=O) groups is 1. The number of aromatic nitrogens is 2. The summed E-state index contributed by atoms with van der Waals surface area (Å²) >= 11 is 0. The maximum Gasteiger partial charge on any atom is 0.348 e. The van der Waals surface area contributed by atoms with Crippen LogP contribution < -0.4 is 0 Å². The molecule has 0 fully saturated rings. The fourth-order valence-corrected chi connectivity index (χ4v) is 3.43. The van der Waals surface area contributed by atoms with Gasteiger partial charge in [0, 0.05) is 12.2 Å². The van der Waals surface area contributed by atoms with Gasteiger partial charge >= 0.3 is 5.97 Å². The molecule has 4 rings (SSSR count). The van der Waals surface area contributed by atoms with Crippen molar-refractivity contribution in [2.45, 2.75) is 19.1 Å². The monoisotopic (exact) mass is 414 g/mol. The Hall–Kier alpha value is -3.77. The minimum absolute atomic E-state index is 0.160. The van der Waals surface area contributed by atoms with Crippen LogP contribution in [0, 0.1) is 0 Å². The van der Waals surface area contributed by atoms with Crippen molar-refractivity contribution in [3.05, 3.63) is 108 Å². The van der Waals surface area contributed by atoms with E-state index in [-0.39, 0.29) is 12.5 Å². The first-order valence-corrected chi connectivity index (χ1v) is 10.0. The van der Waals surface area contributed by atoms with Gasteiger partial charge < -0.3 is 13.9 Å². The minimum atomic E-state index is -1.40. The first-order chi connectivity index (χ1) is 15.2. The second kappa shape index (κ2) is 9.36. The van der Waals surface area contributed by atoms with Crippen LogP contribution in [0.5, 0.6) is 0 Å². The standard InChI is InChI=1S/C25H22N2O4/c1-2-30-25(20-14-8-4-9-15-20,21-16-10-5-11-17-21)24(28)29-18-22-26-27-23(31-22)19-12-6-3-7-13-19/h3-17H,2,18H2,1H3. The highest BCUT2D eigenvalue weighted by Crippen LogP contribution is 2.35. The highest BCUT2D eigenvalue weighted by Gasteiger charge is 2.45. The number of benzene rings is 3. The zero-order valence-electron chi connectivity index (χ0n) is 17.1. The number of rotatable bonds is 8. The number of carbonyl (C=O) groups excluding carboxylic acids is 1. The number of ether oxygens (including phenoxy) is 2. The van der Waals surface area contributed by atoms with Crippen molar-refractivity contribution in [1.82, 2.24) is 10.2 Å². The Kier molecular flexibility index (Phi) is 6.19. The molecule has 31 heavy (non-hydrogen) atoms. The van der Waals surface area contributed by atoms with E-state index in [1.54, 1.807) is 0 Å². The van der Waals surface area contributed by atoms with Gasteiger partial charge in [0.15, 0.2) is 6.61 Å². The van der Waals surface area contributed by atoms with E-state index in [0.29, 0.717) is 23.6 Å². The summed E-state index contributed by atoms with van der Waals surface area (Å²) < 4.78 is 17.4. The molecule has 0 unspecified atom stereocenters. The first-order valence-electron chi connectivity index (χ1n) is 10.0. The van der Waals surface area contributed by atoms with E-state index in [1.807, 2.05) is 97.9 Å². The van der Waals surface area contributed by atoms with Crippen LogP contribution in [0.25, 0.3) is 11.5 Å². The molecule has 0 aliphatic rings. The molecule has 6 nitrogen and oxygen atoms in total. The molecule has 0 atom stereocenters. The molecule has 0 bridgehead atoms. The van der Waals surface area contributed by atoms with Crippen molar-refractivity contribution in [2.75, 3.05) is 6.61 Å². The van der Waals surface area contributed by atoms with Crippen LogP contribution in [-0.4, -0.2) is 22.8 Å². The van der Waals surface area contributed by atoms with E-state index < -0.39 is 11.6 Å². The van der Waals surface area contributed by atoms with Crippen LogP contribution in [0.15, 0.2) is 95.4 Å². The Labute approximate surface area is 180 Å². The molecule has 0 amide bonds. The average Bonchev–Trinajstić information content (AvgIpc) is 3.32. The lowest BCUT2D eigenvalue weighted by Crippen LogP contribution is -2.41. The molecule has 0 spiro atoms. The third-order valence-electron chi connectivity index (χ3n) is 4.82. The maximum atomic E-state index is 13.5. The molecule has 0 aliphatic carbocycles. The Bertz CT molecular complexity index is 1070. The van der Waals surface area contributed by atoms with Crippen LogP contribution in [0.4, 0.5) is 0 Å². The minimum Gasteiger partial charge on any atom is -0.453 e. The van der Waals surface area contributed by atoms with E-state index >= 15 is 0 Å². The highest BCUT2D eigenvalue weighted by molar-refractivity contribution is 5.85. The van der Waals surface area contributed by atoms with Gasteiger partial charge in [0.2, 0.25) is 11.5 Å². The van der Waals surface area contributed by atoms with E-state index in [2.05, 4.69) is 10.2 Å². The van der Waals surface area contributed by atoms with Gasteiger partial charge in [-0.15, -0.1) is 10.2 Å². The lowest BCUT2D eigenvalue weighted by atomic mass is 9.86. The zero-order valence-corrected chi connectivity index (χ0v) is 17.1. The highest BCUT2D eigenvalue weighted by atomic mass is 16.6. The summed E-state index contributed by atoms with van der Waals surface area (Å²) in [5.41, 5.74) is 0.761. The summed E-state index contributed by atoms with van der Waals surface area (Å²) in [4.78, 5) is 13.5. The van der Waals surface area contributed by atoms with Gasteiger partial charge in [0.05, 0.1) is 0 Å². The molecular weight excluding hydrogens is 392 g/mol. The van der Waals surface area contributed by atoms with Gasteiger partial charge in [0.1, 0.15) is 0 Å². The van der Waals surface area contributed by atoms with Gasteiger partial charge in [-0.1, -0.05) is 78.9 Å². The Morgan fingerprint density at radius 3 is 1.94 bits per heavy atom. The summed E-state index contributed by atoms with van der Waals surface area (Å²) in [7, 11) is 0. The van der Waals surface area contributed by atoms with Crippen molar-refractivity contribution in [3.8, 4) is 11.5 Å². The van der Waals surface area contributed by atoms with Gasteiger partial charge in [0.25, 0.3) is 5.89 Å². The molecule has 1 aromatic heterocycles. The lowest BCUT2D eigenvalue weighted by Gasteiger charge is -2.32. The summed E-state index contributed by atoms with van der Waals surface area (Å²) in [6.07, 6.45) is 0. The van der Waals surface area contributed by atoms with Gasteiger partial charge in [-0.2, -0.15) is 0 Å². The smallest absolute Gasteiger partial charge is 0.348 e. The molecular formula is C25H22N2O4. The summed E-state index contributed by atoms with van der Waals surface area (Å²) in [5.74, 6) is 0.0266. The fourth-order valence-electron chi connectivity index (χ4n) is 3.43. The molecule has 1 heterocycles. The predicted octanol–water partition coefficient (Wildman–Crippen LogP) is 4.76. The number of esters is 1. The second-order valence-electron chi connectivity index (χ2n) is 6.79. The molecule has 0 aliphatic heterocycles. The van der Waals surface area contributed by atoms with Crippen molar-refractivity contribution in [2.24, 2.45) is 0 Å². The number of nitrogens with zero attached hydrogens (tertiary/aromatic N) is 2. The SMILES string of the molecule is CCOC(C(=O)OCc1nnc(-c2ccccc2)o1)(c1ccccc1)c1ccccc1. The summed E-state index contributed by atoms with van der Waals surface area (Å²) in [6, 6.07) is 28.1. The summed E-state index contributed by atoms with van der Waals surface area (Å²) in [5, 5.41) is 8.04. The Morgan fingerprint density at radius 1 is 0.839 bits per heavy atom. The van der Waals surface area contributed by atoms with Crippen LogP contribution in [0.1, 0.15) is 23.9 Å². The van der Waals surface area contributed by atoms with Crippen molar-refractivity contribution >= 4 is 5.97 Å². The van der Waals surface area contributed by atoms with Crippen molar-refractivity contribution < 1.29 is 18.7 Å². The second-order valence-corrected chi connectivity index (χ2v) is 6.79. The van der Waals surface area contributed by atoms with Gasteiger partial charge in [-0.25, -0.2) is 4.79 Å². The van der Waals surface area contributed by atoms with Gasteiger partial charge in [-0.3, -0.25) is 0 Å². The van der Waals surface area contributed by atoms with Crippen molar-refractivity contribution in [1.29, 1.82) is 0 Å². The zero-order chi connectivity index (χ0) is 21.5. The fraction of sp³-hybridized carbons (Fsp3) is 0.160. The Balaban J connectivity index is 1.62. The predicted molar refractivity (Wildman–Crippen MR) is 115 cm³/mol. The molecule has 0 N–H and O–H groups in total. The average molecular weight is 414 g/mol. The lowest BCUT2D eigenvalue weighted by molar-refractivity contribution is -0.170. The third kappa shape index (κ3) is 4.25. The largest absolute Gasteiger partial charge is 0.453 e. The van der Waals surface area contributed by atoms with Crippen LogP contribution in [-0.2, 0) is 26.5 Å². The molecule has 3 aromatic carbocycles. The number of hydrogen-bond acceptors (Lipinski definition) is 6. The molecule has 4 aromatic rings. The topological polar surface area (TPSA) is 74.5 Å². The number of hydrogen-bond donors (Lipinski definition) is 0. The third-order valence-corrected chi connectivity index (χ3v) is 4.82. The molecule has 0 saturated heterocycles. The normalized spacial score (nSPS) is 11.3. The van der Waals surface area contributed by atoms with E-state index in [4.69, 9.17) is 13.9 Å². The van der Waals surface area contributed by atoms with Gasteiger partial charge in [-0.05, 0) is 30.2 Å². The molecule has 6 heteroatoms. The molecule has 156 valence electrons. The van der Waals surface area contributed by atoms with Crippen LogP contribution in [0.2, 0.25) is 0 Å². The van der Waals surface area contributed by atoms with Crippen LogP contribution in [0.3, 0.4) is 0 Å². The first kappa shape index (κ1) is 20.5. The molecule has 0 saturated carbocycles.